The van der Waals surface area contributed by atoms with Crippen LogP contribution in [0.25, 0.3) is 0 Å². The number of carboxylic acid groups (broad SMARTS) is 1. The summed E-state index contributed by atoms with van der Waals surface area (Å²) in [5, 5.41) is 9.30. The van der Waals surface area contributed by atoms with Crippen LogP contribution < -0.4 is 4.72 Å². The van der Waals surface area contributed by atoms with Crippen molar-refractivity contribution in [3.8, 4) is 0 Å². The lowest BCUT2D eigenvalue weighted by Gasteiger charge is -2.11. The second kappa shape index (κ2) is 6.16. The summed E-state index contributed by atoms with van der Waals surface area (Å²) in [6.45, 7) is 1.61. The highest BCUT2D eigenvalue weighted by molar-refractivity contribution is 7.92. The van der Waals surface area contributed by atoms with E-state index in [0.717, 1.165) is 0 Å². The smallest absolute Gasteiger partial charge is 0.335 e. The Balaban J connectivity index is 2.38. The first-order chi connectivity index (χ1) is 10.2. The van der Waals surface area contributed by atoms with Crippen LogP contribution in [0.3, 0.4) is 0 Å². The average Bonchev–Trinajstić information content (AvgIpc) is 2.39. The fraction of sp³-hybridized carbons (Fsp3) is 0.0714. The first-order valence-corrected chi connectivity index (χ1v) is 8.26. The third-order valence-corrected chi connectivity index (χ3v) is 4.65. The molecule has 0 aliphatic carbocycles. The van der Waals surface area contributed by atoms with Crippen LogP contribution in [0.2, 0.25) is 10.0 Å². The summed E-state index contributed by atoms with van der Waals surface area (Å²) < 4.78 is 27.1. The molecule has 2 aromatic carbocycles. The number of aryl methyl sites for hydroxylation is 1. The molecule has 8 heteroatoms. The van der Waals surface area contributed by atoms with Crippen molar-refractivity contribution in [3.05, 3.63) is 57.6 Å². The van der Waals surface area contributed by atoms with E-state index in [9.17, 15) is 13.2 Å². The van der Waals surface area contributed by atoms with Gasteiger partial charge in [0.1, 0.15) is 0 Å². The van der Waals surface area contributed by atoms with Gasteiger partial charge in [-0.25, -0.2) is 13.2 Å². The van der Waals surface area contributed by atoms with Crippen molar-refractivity contribution in [2.24, 2.45) is 0 Å². The van der Waals surface area contributed by atoms with E-state index in [1.807, 2.05) is 0 Å². The van der Waals surface area contributed by atoms with Crippen molar-refractivity contribution >= 4 is 44.9 Å². The number of halogens is 2. The first kappa shape index (κ1) is 16.6. The van der Waals surface area contributed by atoms with Crippen LogP contribution in [0.1, 0.15) is 15.9 Å². The van der Waals surface area contributed by atoms with Gasteiger partial charge in [0.15, 0.2) is 0 Å². The minimum atomic E-state index is -3.88. The van der Waals surface area contributed by atoms with Gasteiger partial charge in [-0.2, -0.15) is 0 Å². The lowest BCUT2D eigenvalue weighted by atomic mass is 10.1. The van der Waals surface area contributed by atoms with E-state index in [2.05, 4.69) is 4.72 Å². The van der Waals surface area contributed by atoms with Crippen molar-refractivity contribution in [1.82, 2.24) is 0 Å². The summed E-state index contributed by atoms with van der Waals surface area (Å²) in [5.74, 6) is -1.08. The van der Waals surface area contributed by atoms with E-state index in [1.165, 1.54) is 36.4 Å². The van der Waals surface area contributed by atoms with Crippen LogP contribution in [0.5, 0.6) is 0 Å². The standard InChI is InChI=1S/C14H11Cl2NO4S/c1-8-4-9(14(18)19)2-3-13(8)17-22(20,21)12-6-10(15)5-11(16)7-12/h2-7,17H,1H3,(H,18,19). The third kappa shape index (κ3) is 3.71. The fourth-order valence-corrected chi connectivity index (χ4v) is 3.65. The van der Waals surface area contributed by atoms with Gasteiger partial charge in [0, 0.05) is 10.0 Å². The monoisotopic (exact) mass is 359 g/mol. The van der Waals surface area contributed by atoms with Crippen LogP contribution in [0.4, 0.5) is 5.69 Å². The molecule has 0 saturated carbocycles. The number of aromatic carboxylic acids is 1. The van der Waals surface area contributed by atoms with E-state index in [0.29, 0.717) is 5.56 Å². The van der Waals surface area contributed by atoms with E-state index < -0.39 is 16.0 Å². The van der Waals surface area contributed by atoms with Gasteiger partial charge < -0.3 is 5.11 Å². The Morgan fingerprint density at radius 3 is 2.18 bits per heavy atom. The van der Waals surface area contributed by atoms with Crippen LogP contribution in [-0.4, -0.2) is 19.5 Å². The third-order valence-electron chi connectivity index (χ3n) is 2.86. The highest BCUT2D eigenvalue weighted by Crippen LogP contribution is 2.25. The molecular formula is C14H11Cl2NO4S. The lowest BCUT2D eigenvalue weighted by Crippen LogP contribution is -2.14. The molecule has 0 heterocycles. The zero-order chi connectivity index (χ0) is 16.5. The Bertz CT molecular complexity index is 830. The Morgan fingerprint density at radius 2 is 1.68 bits per heavy atom. The van der Waals surface area contributed by atoms with Crippen molar-refractivity contribution < 1.29 is 18.3 Å². The maximum Gasteiger partial charge on any atom is 0.335 e. The van der Waals surface area contributed by atoms with Gasteiger partial charge in [-0.05, 0) is 48.9 Å². The molecule has 0 fully saturated rings. The molecule has 22 heavy (non-hydrogen) atoms. The van der Waals surface area contributed by atoms with E-state index in [4.69, 9.17) is 28.3 Å². The molecular weight excluding hydrogens is 349 g/mol. The quantitative estimate of drug-likeness (QED) is 0.869. The zero-order valence-electron chi connectivity index (χ0n) is 11.3. The van der Waals surface area contributed by atoms with Crippen molar-refractivity contribution in [2.75, 3.05) is 4.72 Å². The second-order valence-corrected chi connectivity index (χ2v) is 7.10. The Kier molecular flexibility index (Phi) is 4.65. The molecule has 0 saturated heterocycles. The summed E-state index contributed by atoms with van der Waals surface area (Å²) >= 11 is 11.6. The van der Waals surface area contributed by atoms with E-state index >= 15 is 0 Å². The van der Waals surface area contributed by atoms with Crippen LogP contribution in [0, 0.1) is 6.92 Å². The van der Waals surface area contributed by atoms with Crippen LogP contribution in [0.15, 0.2) is 41.3 Å². The SMILES string of the molecule is Cc1cc(C(=O)O)ccc1NS(=O)(=O)c1cc(Cl)cc(Cl)c1. The highest BCUT2D eigenvalue weighted by Gasteiger charge is 2.17. The molecule has 5 nitrogen and oxygen atoms in total. The van der Waals surface area contributed by atoms with Crippen LogP contribution >= 0.6 is 23.2 Å². The number of hydrogen-bond acceptors (Lipinski definition) is 3. The lowest BCUT2D eigenvalue weighted by molar-refractivity contribution is 0.0697. The Hall–Kier alpha value is -1.76. The van der Waals surface area contributed by atoms with Gasteiger partial charge in [-0.1, -0.05) is 23.2 Å². The predicted molar refractivity (Wildman–Crippen MR) is 85.4 cm³/mol. The van der Waals surface area contributed by atoms with Gasteiger partial charge in [0.25, 0.3) is 10.0 Å². The minimum Gasteiger partial charge on any atom is -0.478 e. The van der Waals surface area contributed by atoms with Crippen molar-refractivity contribution in [3.63, 3.8) is 0 Å². The molecule has 0 amide bonds. The number of nitrogens with one attached hydrogen (secondary N) is 1. The number of carbonyl (C=O) groups is 1. The van der Waals surface area contributed by atoms with E-state index in [1.54, 1.807) is 6.92 Å². The molecule has 116 valence electrons. The molecule has 2 aromatic rings. The van der Waals surface area contributed by atoms with Gasteiger partial charge in [0.2, 0.25) is 0 Å². The largest absolute Gasteiger partial charge is 0.478 e. The van der Waals surface area contributed by atoms with Crippen molar-refractivity contribution in [2.45, 2.75) is 11.8 Å². The number of rotatable bonds is 4. The summed E-state index contributed by atoms with van der Waals surface area (Å²) in [6, 6.07) is 8.06. The molecule has 0 bridgehead atoms. The molecule has 0 radical (unpaired) electrons. The molecule has 0 spiro atoms. The molecule has 0 aromatic heterocycles. The summed E-state index contributed by atoms with van der Waals surface area (Å²) in [5.41, 5.74) is 0.837. The number of hydrogen-bond donors (Lipinski definition) is 2. The zero-order valence-corrected chi connectivity index (χ0v) is 13.6. The Morgan fingerprint density at radius 1 is 1.09 bits per heavy atom. The van der Waals surface area contributed by atoms with Gasteiger partial charge in [-0.3, -0.25) is 4.72 Å². The molecule has 2 N–H and O–H groups in total. The fourth-order valence-electron chi connectivity index (χ4n) is 1.80. The van der Waals surface area contributed by atoms with Gasteiger partial charge in [0.05, 0.1) is 16.1 Å². The maximum atomic E-state index is 12.3. The normalized spacial score (nSPS) is 11.2. The van der Waals surface area contributed by atoms with Crippen LogP contribution in [-0.2, 0) is 10.0 Å². The number of anilines is 1. The predicted octanol–water partition coefficient (Wildman–Crippen LogP) is 3.80. The average molecular weight is 360 g/mol. The molecule has 2 rings (SSSR count). The molecule has 0 unspecified atom stereocenters. The topological polar surface area (TPSA) is 83.5 Å². The molecule has 0 atom stereocenters. The first-order valence-electron chi connectivity index (χ1n) is 6.02. The summed E-state index contributed by atoms with van der Waals surface area (Å²) in [4.78, 5) is 10.8. The summed E-state index contributed by atoms with van der Waals surface area (Å²) in [7, 11) is -3.88. The number of benzene rings is 2. The summed E-state index contributed by atoms with van der Waals surface area (Å²) in [6.07, 6.45) is 0. The van der Waals surface area contributed by atoms with Gasteiger partial charge in [-0.15, -0.1) is 0 Å². The minimum absolute atomic E-state index is 0.0752. The van der Waals surface area contributed by atoms with E-state index in [-0.39, 0.29) is 26.2 Å². The number of sulfonamides is 1. The maximum absolute atomic E-state index is 12.3. The molecule has 0 aliphatic heterocycles. The second-order valence-electron chi connectivity index (χ2n) is 4.55. The molecule has 0 aliphatic rings. The number of carboxylic acids is 1. The van der Waals surface area contributed by atoms with Gasteiger partial charge >= 0.3 is 5.97 Å². The van der Waals surface area contributed by atoms with Crippen molar-refractivity contribution in [1.29, 1.82) is 0 Å². The Labute approximate surface area is 137 Å². The highest BCUT2D eigenvalue weighted by atomic mass is 35.5.